The topological polar surface area (TPSA) is 61.2 Å². The van der Waals surface area contributed by atoms with Gasteiger partial charge in [0, 0.05) is 25.5 Å². The molecule has 1 heterocycles. The third kappa shape index (κ3) is 5.21. The number of para-hydroxylation sites is 1. The molecule has 6 heteroatoms. The molecule has 0 radical (unpaired) electrons. The van der Waals surface area contributed by atoms with Gasteiger partial charge in [0.2, 0.25) is 0 Å². The van der Waals surface area contributed by atoms with Crippen LogP contribution in [0.25, 0.3) is 0 Å². The van der Waals surface area contributed by atoms with E-state index >= 15 is 0 Å². The average Bonchev–Trinajstić information content (AvgIpc) is 3.21. The highest BCUT2D eigenvalue weighted by atomic mass is 16.5. The molecule has 0 aliphatic carbocycles. The maximum Gasteiger partial charge on any atom is 0.275 e. The number of carbonyl (C=O) groups is 1. The first-order valence-corrected chi connectivity index (χ1v) is 10.1. The lowest BCUT2D eigenvalue weighted by Crippen LogP contribution is -3.11. The van der Waals surface area contributed by atoms with E-state index in [9.17, 15) is 4.79 Å². The van der Waals surface area contributed by atoms with Crippen LogP contribution in [0.1, 0.15) is 30.0 Å². The second-order valence-corrected chi connectivity index (χ2v) is 7.30. The number of hydrogen-bond donors (Lipinski definition) is 2. The van der Waals surface area contributed by atoms with Crippen LogP contribution in [0.15, 0.2) is 42.5 Å². The van der Waals surface area contributed by atoms with Crippen molar-refractivity contribution < 1.29 is 23.9 Å². The van der Waals surface area contributed by atoms with E-state index < -0.39 is 0 Å². The smallest absolute Gasteiger partial charge is 0.275 e. The van der Waals surface area contributed by atoms with E-state index in [-0.39, 0.29) is 11.9 Å². The van der Waals surface area contributed by atoms with E-state index in [1.54, 1.807) is 21.3 Å². The Morgan fingerprint density at radius 3 is 2.62 bits per heavy atom. The molecule has 1 amide bonds. The first kappa shape index (κ1) is 21.0. The minimum absolute atomic E-state index is 0.0780. The molecule has 1 aliphatic rings. The molecule has 1 aliphatic heterocycles. The number of benzene rings is 2. The summed E-state index contributed by atoms with van der Waals surface area (Å²) in [5.41, 5.74) is 2.24. The first-order chi connectivity index (χ1) is 14.2. The van der Waals surface area contributed by atoms with Crippen molar-refractivity contribution in [2.24, 2.45) is 0 Å². The van der Waals surface area contributed by atoms with Crippen LogP contribution in [0, 0.1) is 0 Å². The molecule has 0 spiro atoms. The molecule has 1 fully saturated rings. The van der Waals surface area contributed by atoms with Gasteiger partial charge in [-0.1, -0.05) is 18.2 Å². The predicted molar refractivity (Wildman–Crippen MR) is 112 cm³/mol. The van der Waals surface area contributed by atoms with Crippen LogP contribution < -0.4 is 24.4 Å². The van der Waals surface area contributed by atoms with Gasteiger partial charge in [-0.3, -0.25) is 4.79 Å². The Morgan fingerprint density at radius 2 is 1.86 bits per heavy atom. The minimum Gasteiger partial charge on any atom is -0.497 e. The van der Waals surface area contributed by atoms with Gasteiger partial charge in [0.1, 0.15) is 23.3 Å². The highest BCUT2D eigenvalue weighted by Gasteiger charge is 2.33. The maximum absolute atomic E-state index is 12.6. The van der Waals surface area contributed by atoms with Crippen LogP contribution in [0.3, 0.4) is 0 Å². The predicted octanol–water partition coefficient (Wildman–Crippen LogP) is 1.79. The van der Waals surface area contributed by atoms with E-state index in [4.69, 9.17) is 14.2 Å². The quantitative estimate of drug-likeness (QED) is 0.675. The number of likely N-dealkylation sites (tertiary alicyclic amines) is 1. The van der Waals surface area contributed by atoms with Gasteiger partial charge in [-0.05, 0) is 30.2 Å². The highest BCUT2D eigenvalue weighted by Crippen LogP contribution is 2.31. The van der Waals surface area contributed by atoms with Crippen molar-refractivity contribution in [1.82, 2.24) is 5.32 Å². The van der Waals surface area contributed by atoms with E-state index in [2.05, 4.69) is 11.4 Å². The Kier molecular flexibility index (Phi) is 7.36. The van der Waals surface area contributed by atoms with Gasteiger partial charge in [-0.25, -0.2) is 0 Å². The molecule has 3 rings (SSSR count). The summed E-state index contributed by atoms with van der Waals surface area (Å²) in [6.45, 7) is 2.05. The summed E-state index contributed by atoms with van der Waals surface area (Å²) in [6.07, 6.45) is 2.90. The zero-order chi connectivity index (χ0) is 20.6. The third-order valence-electron chi connectivity index (χ3n) is 5.60. The van der Waals surface area contributed by atoms with Crippen molar-refractivity contribution in [3.63, 3.8) is 0 Å². The Hall–Kier alpha value is -2.73. The molecule has 2 atom stereocenters. The van der Waals surface area contributed by atoms with Gasteiger partial charge in [-0.2, -0.15) is 0 Å². The molecular weight excluding hydrogens is 368 g/mol. The fourth-order valence-electron chi connectivity index (χ4n) is 4.12. The standard InChI is InChI=1S/C23H30N2O4/c1-27-18-10-11-19(22(15-18)29-3)20-8-6-14-25(20)16-23(26)24-13-12-17-7-4-5-9-21(17)28-2/h4-5,7,9-11,15,20H,6,8,12-14,16H2,1-3H3,(H,24,26)/p+1/t20-/m0/s1. The monoisotopic (exact) mass is 399 g/mol. The van der Waals surface area contributed by atoms with Crippen LogP contribution in [0.5, 0.6) is 17.2 Å². The molecule has 1 saturated heterocycles. The SMILES string of the molecule is COc1ccc([C@@H]2CCC[NH+]2CC(=O)NCCc2ccccc2OC)c(OC)c1. The summed E-state index contributed by atoms with van der Waals surface area (Å²) in [6, 6.07) is 14.1. The lowest BCUT2D eigenvalue weighted by atomic mass is 10.0. The average molecular weight is 400 g/mol. The Morgan fingerprint density at radius 1 is 1.07 bits per heavy atom. The number of hydrogen-bond acceptors (Lipinski definition) is 4. The molecule has 29 heavy (non-hydrogen) atoms. The molecule has 6 nitrogen and oxygen atoms in total. The zero-order valence-corrected chi connectivity index (χ0v) is 17.5. The zero-order valence-electron chi connectivity index (χ0n) is 17.5. The minimum atomic E-state index is 0.0780. The van der Waals surface area contributed by atoms with Gasteiger partial charge in [0.15, 0.2) is 6.54 Å². The largest absolute Gasteiger partial charge is 0.497 e. The fraction of sp³-hybridized carbons (Fsp3) is 0.435. The number of nitrogens with one attached hydrogen (secondary N) is 2. The van der Waals surface area contributed by atoms with E-state index in [1.807, 2.05) is 36.4 Å². The number of methoxy groups -OCH3 is 3. The van der Waals surface area contributed by atoms with Crippen molar-refractivity contribution in [3.05, 3.63) is 53.6 Å². The fourth-order valence-corrected chi connectivity index (χ4v) is 4.12. The normalized spacial score (nSPS) is 18.3. The van der Waals surface area contributed by atoms with Crippen molar-refractivity contribution in [1.29, 1.82) is 0 Å². The Balaban J connectivity index is 1.57. The third-order valence-corrected chi connectivity index (χ3v) is 5.60. The lowest BCUT2D eigenvalue weighted by molar-refractivity contribution is -0.910. The van der Waals surface area contributed by atoms with Crippen molar-refractivity contribution in [2.75, 3.05) is 41.0 Å². The summed E-state index contributed by atoms with van der Waals surface area (Å²) < 4.78 is 16.3. The van der Waals surface area contributed by atoms with E-state index in [1.165, 1.54) is 4.90 Å². The number of ether oxygens (including phenoxy) is 3. The van der Waals surface area contributed by atoms with Gasteiger partial charge >= 0.3 is 0 Å². The van der Waals surface area contributed by atoms with Gasteiger partial charge in [-0.15, -0.1) is 0 Å². The van der Waals surface area contributed by atoms with Crippen LogP contribution >= 0.6 is 0 Å². The van der Waals surface area contributed by atoms with Gasteiger partial charge < -0.3 is 24.4 Å². The first-order valence-electron chi connectivity index (χ1n) is 10.1. The maximum atomic E-state index is 12.6. The molecule has 2 aromatic carbocycles. The highest BCUT2D eigenvalue weighted by molar-refractivity contribution is 5.76. The number of quaternary nitrogens is 1. The number of carbonyl (C=O) groups excluding carboxylic acids is 1. The Labute approximate surface area is 172 Å². The Bertz CT molecular complexity index is 824. The van der Waals surface area contributed by atoms with E-state index in [0.29, 0.717) is 13.1 Å². The summed E-state index contributed by atoms with van der Waals surface area (Å²) in [7, 11) is 5.00. The second-order valence-electron chi connectivity index (χ2n) is 7.30. The summed E-state index contributed by atoms with van der Waals surface area (Å²) >= 11 is 0. The van der Waals surface area contributed by atoms with Crippen LogP contribution in [-0.4, -0.2) is 46.9 Å². The summed E-state index contributed by atoms with van der Waals surface area (Å²) in [5, 5.41) is 3.06. The van der Waals surface area contributed by atoms with E-state index in [0.717, 1.165) is 54.2 Å². The lowest BCUT2D eigenvalue weighted by Gasteiger charge is -2.23. The number of amides is 1. The summed E-state index contributed by atoms with van der Waals surface area (Å²) in [5.74, 6) is 2.54. The molecule has 2 aromatic rings. The number of rotatable bonds is 9. The van der Waals surface area contributed by atoms with Crippen molar-refractivity contribution in [3.8, 4) is 17.2 Å². The van der Waals surface area contributed by atoms with Crippen molar-refractivity contribution in [2.45, 2.75) is 25.3 Å². The molecule has 0 saturated carbocycles. The molecule has 2 N–H and O–H groups in total. The van der Waals surface area contributed by atoms with Gasteiger partial charge in [0.25, 0.3) is 5.91 Å². The van der Waals surface area contributed by atoms with Gasteiger partial charge in [0.05, 0.1) is 33.4 Å². The van der Waals surface area contributed by atoms with Crippen LogP contribution in [0.2, 0.25) is 0 Å². The molecule has 156 valence electrons. The summed E-state index contributed by atoms with van der Waals surface area (Å²) in [4.78, 5) is 13.8. The van der Waals surface area contributed by atoms with Crippen molar-refractivity contribution >= 4 is 5.91 Å². The molecule has 0 bridgehead atoms. The molecular formula is C23H31N2O4+. The van der Waals surface area contributed by atoms with Crippen LogP contribution in [0.4, 0.5) is 0 Å². The molecule has 1 unspecified atom stereocenters. The van der Waals surface area contributed by atoms with Crippen LogP contribution in [-0.2, 0) is 11.2 Å². The second kappa shape index (κ2) is 10.2. The molecule has 0 aromatic heterocycles.